The fourth-order valence-electron chi connectivity index (χ4n) is 3.02. The maximum absolute atomic E-state index is 13.0. The van der Waals surface area contributed by atoms with Crippen LogP contribution in [0.2, 0.25) is 5.02 Å². The smallest absolute Gasteiger partial charge is 0.232 e. The van der Waals surface area contributed by atoms with E-state index in [1.54, 1.807) is 4.90 Å². The van der Waals surface area contributed by atoms with Gasteiger partial charge in [0.15, 0.2) is 5.13 Å². The van der Waals surface area contributed by atoms with Gasteiger partial charge in [0.25, 0.3) is 0 Å². The highest BCUT2D eigenvalue weighted by molar-refractivity contribution is 7.22. The number of thiazole rings is 1. The van der Waals surface area contributed by atoms with Crippen LogP contribution in [0.15, 0.2) is 48.5 Å². The monoisotopic (exact) mass is 467 g/mol. The number of fused-ring (bicyclic) bond motifs is 1. The van der Waals surface area contributed by atoms with Gasteiger partial charge in [-0.2, -0.15) is 0 Å². The number of ether oxygens (including phenoxy) is 1. The molecular weight excluding hydrogens is 441 g/mol. The number of carbonyl (C=O) groups is 1. The fraction of sp³-hybridized carbons (Fsp3) is 0.364. The highest BCUT2D eigenvalue weighted by Crippen LogP contribution is 2.31. The van der Waals surface area contributed by atoms with Gasteiger partial charge in [0.1, 0.15) is 5.75 Å². The third-order valence-electron chi connectivity index (χ3n) is 4.73. The van der Waals surface area contributed by atoms with E-state index >= 15 is 0 Å². The van der Waals surface area contributed by atoms with Crippen molar-refractivity contribution < 1.29 is 9.53 Å². The van der Waals surface area contributed by atoms with E-state index < -0.39 is 0 Å². The van der Waals surface area contributed by atoms with Gasteiger partial charge >= 0.3 is 0 Å². The zero-order chi connectivity index (χ0) is 20.6. The van der Waals surface area contributed by atoms with Crippen LogP contribution in [-0.2, 0) is 4.79 Å². The van der Waals surface area contributed by atoms with Gasteiger partial charge < -0.3 is 9.64 Å². The van der Waals surface area contributed by atoms with Gasteiger partial charge in [-0.15, -0.1) is 12.4 Å². The summed E-state index contributed by atoms with van der Waals surface area (Å²) in [6.07, 6.45) is 0.295. The summed E-state index contributed by atoms with van der Waals surface area (Å²) in [7, 11) is 0. The first-order valence-electron chi connectivity index (χ1n) is 9.87. The van der Waals surface area contributed by atoms with Crippen molar-refractivity contribution in [2.24, 2.45) is 0 Å². The normalized spacial score (nSPS) is 10.8. The largest absolute Gasteiger partial charge is 0.493 e. The number of carbonyl (C=O) groups excluding carboxylic acids is 1. The molecule has 0 atom stereocenters. The minimum Gasteiger partial charge on any atom is -0.493 e. The minimum atomic E-state index is 0. The molecule has 30 heavy (non-hydrogen) atoms. The van der Waals surface area contributed by atoms with E-state index in [1.807, 2.05) is 48.5 Å². The van der Waals surface area contributed by atoms with Gasteiger partial charge in [0, 0.05) is 18.1 Å². The molecule has 0 unspecified atom stereocenters. The van der Waals surface area contributed by atoms with Crippen molar-refractivity contribution >= 4 is 56.6 Å². The van der Waals surface area contributed by atoms with Crippen LogP contribution in [0.5, 0.6) is 5.75 Å². The summed E-state index contributed by atoms with van der Waals surface area (Å²) < 4.78 is 6.69. The van der Waals surface area contributed by atoms with Gasteiger partial charge in [-0.25, -0.2) is 4.98 Å². The molecular formula is C22H27Cl2N3O2S. The third kappa shape index (κ3) is 6.57. The van der Waals surface area contributed by atoms with E-state index in [1.165, 1.54) is 11.3 Å². The van der Waals surface area contributed by atoms with Gasteiger partial charge in [-0.05, 0) is 43.4 Å². The molecule has 0 radical (unpaired) electrons. The molecule has 0 bridgehead atoms. The van der Waals surface area contributed by atoms with E-state index in [9.17, 15) is 4.79 Å². The second-order valence-electron chi connectivity index (χ2n) is 6.59. The van der Waals surface area contributed by atoms with Crippen molar-refractivity contribution in [3.63, 3.8) is 0 Å². The molecule has 0 N–H and O–H groups in total. The van der Waals surface area contributed by atoms with Crippen LogP contribution in [-0.4, -0.2) is 48.6 Å². The zero-order valence-electron chi connectivity index (χ0n) is 17.2. The fourth-order valence-corrected chi connectivity index (χ4v) is 4.30. The number of amides is 1. The Morgan fingerprint density at radius 2 is 1.83 bits per heavy atom. The second-order valence-corrected chi connectivity index (χ2v) is 8.04. The predicted octanol–water partition coefficient (Wildman–Crippen LogP) is 5.52. The lowest BCUT2D eigenvalue weighted by atomic mass is 10.3. The summed E-state index contributed by atoms with van der Waals surface area (Å²) >= 11 is 7.61. The van der Waals surface area contributed by atoms with E-state index in [2.05, 4.69) is 23.7 Å². The Kier molecular flexibility index (Phi) is 9.85. The summed E-state index contributed by atoms with van der Waals surface area (Å²) in [6, 6.07) is 15.2. The summed E-state index contributed by atoms with van der Waals surface area (Å²) in [5.74, 6) is 0.780. The van der Waals surface area contributed by atoms with Gasteiger partial charge in [0.05, 0.1) is 23.2 Å². The van der Waals surface area contributed by atoms with Crippen LogP contribution < -0.4 is 9.64 Å². The van der Waals surface area contributed by atoms with Crippen molar-refractivity contribution in [1.82, 2.24) is 9.88 Å². The van der Waals surface area contributed by atoms with Crippen molar-refractivity contribution in [1.29, 1.82) is 0 Å². The van der Waals surface area contributed by atoms with Crippen molar-refractivity contribution in [3.05, 3.63) is 53.6 Å². The Bertz CT molecular complexity index is 933. The van der Waals surface area contributed by atoms with Crippen LogP contribution >= 0.6 is 35.3 Å². The molecule has 2 aromatic carbocycles. The van der Waals surface area contributed by atoms with Crippen molar-refractivity contribution in [3.8, 4) is 5.75 Å². The molecule has 3 rings (SSSR count). The average molecular weight is 468 g/mol. The molecule has 1 aromatic heterocycles. The molecule has 8 heteroatoms. The SMILES string of the molecule is CCN(CC)CCN(C(=O)CCOc1ccccc1)c1nc2ccc(Cl)cc2s1.Cl. The van der Waals surface area contributed by atoms with Crippen molar-refractivity contribution in [2.45, 2.75) is 20.3 Å². The van der Waals surface area contributed by atoms with Crippen LogP contribution in [0.25, 0.3) is 10.2 Å². The molecule has 0 saturated carbocycles. The molecule has 0 aliphatic heterocycles. The predicted molar refractivity (Wildman–Crippen MR) is 129 cm³/mol. The molecule has 0 saturated heterocycles. The van der Waals surface area contributed by atoms with Crippen LogP contribution in [0.3, 0.4) is 0 Å². The Hall–Kier alpha value is -1.86. The molecule has 0 spiro atoms. The number of aromatic nitrogens is 1. The van der Waals surface area contributed by atoms with Gasteiger partial charge in [-0.1, -0.05) is 55.0 Å². The Morgan fingerprint density at radius 1 is 1.10 bits per heavy atom. The van der Waals surface area contributed by atoms with E-state index in [4.69, 9.17) is 16.3 Å². The number of nitrogens with zero attached hydrogens (tertiary/aromatic N) is 3. The molecule has 162 valence electrons. The lowest BCUT2D eigenvalue weighted by Gasteiger charge is -2.24. The van der Waals surface area contributed by atoms with E-state index in [-0.39, 0.29) is 18.3 Å². The van der Waals surface area contributed by atoms with Crippen LogP contribution in [0.4, 0.5) is 5.13 Å². The Labute approximate surface area is 193 Å². The molecule has 1 amide bonds. The average Bonchev–Trinajstić information content (AvgIpc) is 3.14. The first-order chi connectivity index (χ1) is 14.1. The maximum atomic E-state index is 13.0. The number of rotatable bonds is 10. The Balaban J connectivity index is 0.00000320. The summed E-state index contributed by atoms with van der Waals surface area (Å²) in [4.78, 5) is 21.8. The van der Waals surface area contributed by atoms with Crippen LogP contribution in [0, 0.1) is 0 Å². The topological polar surface area (TPSA) is 45.7 Å². The number of anilines is 1. The van der Waals surface area contributed by atoms with Crippen molar-refractivity contribution in [2.75, 3.05) is 37.7 Å². The number of halogens is 2. The summed E-state index contributed by atoms with van der Waals surface area (Å²) in [5, 5.41) is 1.38. The molecule has 5 nitrogen and oxygen atoms in total. The van der Waals surface area contributed by atoms with Gasteiger partial charge in [0.2, 0.25) is 5.91 Å². The first-order valence-corrected chi connectivity index (χ1v) is 11.1. The number of para-hydroxylation sites is 1. The highest BCUT2D eigenvalue weighted by Gasteiger charge is 2.20. The van der Waals surface area contributed by atoms with E-state index in [0.29, 0.717) is 29.7 Å². The lowest BCUT2D eigenvalue weighted by Crippen LogP contribution is -2.39. The molecule has 0 fully saturated rings. The number of likely N-dealkylation sites (N-methyl/N-ethyl adjacent to an activating group) is 1. The summed E-state index contributed by atoms with van der Waals surface area (Å²) in [6.45, 7) is 7.89. The quantitative estimate of drug-likeness (QED) is 0.393. The van der Waals surface area contributed by atoms with Gasteiger partial charge in [-0.3, -0.25) is 9.69 Å². The maximum Gasteiger partial charge on any atom is 0.232 e. The second kappa shape index (κ2) is 12.1. The van der Waals surface area contributed by atoms with Crippen LogP contribution in [0.1, 0.15) is 20.3 Å². The molecule has 3 aromatic rings. The number of hydrogen-bond acceptors (Lipinski definition) is 5. The first kappa shape index (κ1) is 24.4. The summed E-state index contributed by atoms with van der Waals surface area (Å²) in [5.41, 5.74) is 0.857. The highest BCUT2D eigenvalue weighted by atomic mass is 35.5. The minimum absolute atomic E-state index is 0. The number of hydrogen-bond donors (Lipinski definition) is 0. The molecule has 0 aliphatic rings. The molecule has 0 aliphatic carbocycles. The third-order valence-corrected chi connectivity index (χ3v) is 6.01. The number of benzene rings is 2. The Morgan fingerprint density at radius 3 is 2.53 bits per heavy atom. The lowest BCUT2D eigenvalue weighted by molar-refractivity contribution is -0.119. The van der Waals surface area contributed by atoms with E-state index in [0.717, 1.165) is 35.6 Å². The standard InChI is InChI=1S/C22H26ClN3O2S.ClH/c1-3-25(4-2)13-14-26(21(27)12-15-28-18-8-6-5-7-9-18)22-24-19-11-10-17(23)16-20(19)29-22;/h5-11,16H,3-4,12-15H2,1-2H3;1H. The molecule has 1 heterocycles. The zero-order valence-corrected chi connectivity index (χ0v) is 19.6.